The highest BCUT2D eigenvalue weighted by atomic mass is 16.3. The molecule has 0 spiro atoms. The fourth-order valence-electron chi connectivity index (χ4n) is 0.842. The summed E-state index contributed by atoms with van der Waals surface area (Å²) in [5.74, 6) is 0.862. The van der Waals surface area contributed by atoms with Gasteiger partial charge in [0.2, 0.25) is 5.91 Å². The molecule has 1 heterocycles. The Kier molecular flexibility index (Phi) is 3.31. The Bertz CT molecular complexity index is 288. The molecule has 0 unspecified atom stereocenters. The molecule has 1 aromatic heterocycles. The van der Waals surface area contributed by atoms with E-state index in [0.717, 1.165) is 5.76 Å². The molecule has 0 bridgehead atoms. The van der Waals surface area contributed by atoms with Gasteiger partial charge in [0.25, 0.3) is 0 Å². The quantitative estimate of drug-likeness (QED) is 0.708. The van der Waals surface area contributed by atoms with Gasteiger partial charge in [-0.05, 0) is 18.2 Å². The molecule has 0 saturated heterocycles. The predicted molar refractivity (Wildman–Crippen MR) is 51.1 cm³/mol. The Hall–Kier alpha value is -1.51. The summed E-state index contributed by atoms with van der Waals surface area (Å²) in [6.07, 6.45) is 5.36. The van der Waals surface area contributed by atoms with Crippen molar-refractivity contribution in [1.29, 1.82) is 0 Å². The van der Waals surface area contributed by atoms with Crippen molar-refractivity contribution < 1.29 is 9.21 Å². The summed E-state index contributed by atoms with van der Waals surface area (Å²) in [7, 11) is 1.76. The SMILES string of the molecule is CC(=O)N(C)C/C=C/c1ccco1. The van der Waals surface area contributed by atoms with Crippen LogP contribution in [0.2, 0.25) is 0 Å². The lowest BCUT2D eigenvalue weighted by atomic mass is 10.4. The zero-order chi connectivity index (χ0) is 9.68. The Morgan fingerprint density at radius 1 is 1.69 bits per heavy atom. The van der Waals surface area contributed by atoms with Crippen molar-refractivity contribution in [3.63, 3.8) is 0 Å². The Balaban J connectivity index is 2.38. The molecule has 0 fully saturated rings. The van der Waals surface area contributed by atoms with Gasteiger partial charge in [0.05, 0.1) is 6.26 Å². The fraction of sp³-hybridized carbons (Fsp3) is 0.300. The second-order valence-electron chi connectivity index (χ2n) is 2.82. The summed E-state index contributed by atoms with van der Waals surface area (Å²) in [6.45, 7) is 2.15. The van der Waals surface area contributed by atoms with Gasteiger partial charge in [-0.2, -0.15) is 0 Å². The van der Waals surface area contributed by atoms with Gasteiger partial charge in [0.15, 0.2) is 0 Å². The minimum Gasteiger partial charge on any atom is -0.465 e. The molecule has 0 aromatic carbocycles. The maximum atomic E-state index is 10.8. The van der Waals surface area contributed by atoms with Gasteiger partial charge >= 0.3 is 0 Å². The van der Waals surface area contributed by atoms with Crippen LogP contribution in [0.15, 0.2) is 28.9 Å². The first-order valence-corrected chi connectivity index (χ1v) is 4.12. The lowest BCUT2D eigenvalue weighted by molar-refractivity contribution is -0.127. The molecule has 0 atom stereocenters. The van der Waals surface area contributed by atoms with Crippen molar-refractivity contribution in [2.75, 3.05) is 13.6 Å². The zero-order valence-electron chi connectivity index (χ0n) is 7.86. The number of amides is 1. The molecular formula is C10H13NO2. The van der Waals surface area contributed by atoms with Crippen LogP contribution >= 0.6 is 0 Å². The largest absolute Gasteiger partial charge is 0.465 e. The van der Waals surface area contributed by atoms with Crippen LogP contribution in [0, 0.1) is 0 Å². The van der Waals surface area contributed by atoms with E-state index in [1.807, 2.05) is 24.3 Å². The highest BCUT2D eigenvalue weighted by molar-refractivity contribution is 5.73. The van der Waals surface area contributed by atoms with Crippen molar-refractivity contribution in [2.45, 2.75) is 6.92 Å². The molecule has 3 heteroatoms. The Morgan fingerprint density at radius 3 is 3.00 bits per heavy atom. The summed E-state index contributed by atoms with van der Waals surface area (Å²) in [4.78, 5) is 12.4. The van der Waals surface area contributed by atoms with Crippen LogP contribution in [0.3, 0.4) is 0 Å². The normalized spacial score (nSPS) is 10.6. The summed E-state index contributed by atoms with van der Waals surface area (Å²) in [5, 5.41) is 0. The number of furan rings is 1. The van der Waals surface area contributed by atoms with E-state index in [2.05, 4.69) is 0 Å². The molecule has 70 valence electrons. The van der Waals surface area contributed by atoms with Gasteiger partial charge < -0.3 is 9.32 Å². The second kappa shape index (κ2) is 4.50. The van der Waals surface area contributed by atoms with E-state index in [1.54, 1.807) is 25.1 Å². The molecular weight excluding hydrogens is 166 g/mol. The molecule has 0 radical (unpaired) electrons. The molecule has 0 N–H and O–H groups in total. The molecule has 0 aliphatic heterocycles. The molecule has 1 rings (SSSR count). The Labute approximate surface area is 77.6 Å². The maximum Gasteiger partial charge on any atom is 0.219 e. The van der Waals surface area contributed by atoms with E-state index >= 15 is 0 Å². The standard InChI is InChI=1S/C10H13NO2/c1-9(12)11(2)7-3-5-10-6-4-8-13-10/h3-6,8H,7H2,1-2H3/b5-3+. The fourth-order valence-corrected chi connectivity index (χ4v) is 0.842. The number of rotatable bonds is 3. The molecule has 13 heavy (non-hydrogen) atoms. The van der Waals surface area contributed by atoms with Crippen molar-refractivity contribution in [2.24, 2.45) is 0 Å². The second-order valence-corrected chi connectivity index (χ2v) is 2.82. The average molecular weight is 179 g/mol. The van der Waals surface area contributed by atoms with Crippen molar-refractivity contribution in [1.82, 2.24) is 4.90 Å². The first-order valence-electron chi connectivity index (χ1n) is 4.12. The first kappa shape index (κ1) is 9.58. The van der Waals surface area contributed by atoms with Gasteiger partial charge in [-0.15, -0.1) is 0 Å². The van der Waals surface area contributed by atoms with Gasteiger partial charge in [-0.1, -0.05) is 6.08 Å². The van der Waals surface area contributed by atoms with E-state index in [1.165, 1.54) is 0 Å². The molecule has 1 amide bonds. The van der Waals surface area contributed by atoms with Gasteiger partial charge in [0.1, 0.15) is 5.76 Å². The monoisotopic (exact) mass is 179 g/mol. The van der Waals surface area contributed by atoms with Gasteiger partial charge in [-0.25, -0.2) is 0 Å². The third-order valence-electron chi connectivity index (χ3n) is 1.74. The molecule has 0 saturated carbocycles. The van der Waals surface area contributed by atoms with Gasteiger partial charge in [0, 0.05) is 20.5 Å². The highest BCUT2D eigenvalue weighted by Crippen LogP contribution is 2.01. The zero-order valence-corrected chi connectivity index (χ0v) is 7.86. The van der Waals surface area contributed by atoms with Crippen molar-refractivity contribution in [3.05, 3.63) is 30.2 Å². The van der Waals surface area contributed by atoms with Crippen LogP contribution in [0.5, 0.6) is 0 Å². The van der Waals surface area contributed by atoms with E-state index in [-0.39, 0.29) is 5.91 Å². The lowest BCUT2D eigenvalue weighted by Crippen LogP contribution is -2.23. The Morgan fingerprint density at radius 2 is 2.46 bits per heavy atom. The smallest absolute Gasteiger partial charge is 0.219 e. The predicted octanol–water partition coefficient (Wildman–Crippen LogP) is 1.77. The average Bonchev–Trinajstić information content (AvgIpc) is 2.56. The first-order chi connectivity index (χ1) is 6.20. The topological polar surface area (TPSA) is 33.5 Å². The van der Waals surface area contributed by atoms with E-state index in [9.17, 15) is 4.79 Å². The number of carbonyl (C=O) groups excluding carboxylic acids is 1. The third-order valence-corrected chi connectivity index (χ3v) is 1.74. The number of carbonyl (C=O) groups is 1. The third kappa shape index (κ3) is 3.15. The van der Waals surface area contributed by atoms with Crippen LogP contribution < -0.4 is 0 Å². The van der Waals surface area contributed by atoms with Crippen molar-refractivity contribution in [3.8, 4) is 0 Å². The summed E-state index contributed by atoms with van der Waals surface area (Å²) in [5.41, 5.74) is 0. The van der Waals surface area contributed by atoms with Crippen LogP contribution in [0.25, 0.3) is 6.08 Å². The summed E-state index contributed by atoms with van der Waals surface area (Å²) >= 11 is 0. The molecule has 1 aromatic rings. The lowest BCUT2D eigenvalue weighted by Gasteiger charge is -2.10. The van der Waals surface area contributed by atoms with E-state index < -0.39 is 0 Å². The summed E-state index contributed by atoms with van der Waals surface area (Å²) < 4.78 is 5.09. The maximum absolute atomic E-state index is 10.8. The van der Waals surface area contributed by atoms with Crippen LogP contribution in [-0.4, -0.2) is 24.4 Å². The number of hydrogen-bond donors (Lipinski definition) is 0. The van der Waals surface area contributed by atoms with Crippen LogP contribution in [0.1, 0.15) is 12.7 Å². The van der Waals surface area contributed by atoms with E-state index in [4.69, 9.17) is 4.42 Å². The minimum absolute atomic E-state index is 0.0593. The minimum atomic E-state index is 0.0593. The van der Waals surface area contributed by atoms with E-state index in [0.29, 0.717) is 6.54 Å². The van der Waals surface area contributed by atoms with Gasteiger partial charge in [-0.3, -0.25) is 4.79 Å². The van der Waals surface area contributed by atoms with Crippen LogP contribution in [-0.2, 0) is 4.79 Å². The molecule has 3 nitrogen and oxygen atoms in total. The highest BCUT2D eigenvalue weighted by Gasteiger charge is 1.97. The van der Waals surface area contributed by atoms with Crippen molar-refractivity contribution >= 4 is 12.0 Å². The number of nitrogens with zero attached hydrogens (tertiary/aromatic N) is 1. The number of likely N-dealkylation sites (N-methyl/N-ethyl adjacent to an activating group) is 1. The molecule has 0 aliphatic rings. The molecule has 0 aliphatic carbocycles. The van der Waals surface area contributed by atoms with Crippen LogP contribution in [0.4, 0.5) is 0 Å². The summed E-state index contributed by atoms with van der Waals surface area (Å²) in [6, 6.07) is 3.69. The number of hydrogen-bond acceptors (Lipinski definition) is 2.